The van der Waals surface area contributed by atoms with E-state index in [-0.39, 0.29) is 35.6 Å². The van der Waals surface area contributed by atoms with Gasteiger partial charge in [0.05, 0.1) is 4.88 Å². The largest absolute Gasteiger partial charge is 0.508 e. The molecule has 174 valence electrons. The van der Waals surface area contributed by atoms with Crippen molar-refractivity contribution in [2.45, 2.75) is 13.8 Å². The fourth-order valence-corrected chi connectivity index (χ4v) is 5.39. The zero-order chi connectivity index (χ0) is 24.7. The third-order valence-corrected chi connectivity index (χ3v) is 6.83. The molecule has 0 spiro atoms. The molecule has 0 aliphatic rings. The van der Waals surface area contributed by atoms with Gasteiger partial charge in [-0.15, -0.1) is 11.3 Å². The van der Waals surface area contributed by atoms with Gasteiger partial charge in [-0.2, -0.15) is 4.98 Å². The normalized spacial score (nSPS) is 11.1. The quantitative estimate of drug-likeness (QED) is 0.219. The third-order valence-electron chi connectivity index (χ3n) is 5.68. The first-order chi connectivity index (χ1) is 16.9. The Kier molecular flexibility index (Phi) is 5.66. The highest BCUT2D eigenvalue weighted by Gasteiger charge is 2.24. The van der Waals surface area contributed by atoms with Crippen molar-refractivity contribution < 1.29 is 28.2 Å². The van der Waals surface area contributed by atoms with Crippen molar-refractivity contribution in [1.29, 1.82) is 0 Å². The number of phenols is 1. The summed E-state index contributed by atoms with van der Waals surface area (Å²) in [5, 5.41) is 10.8. The number of nitrogens with zero attached hydrogens (tertiary/aromatic N) is 1. The van der Waals surface area contributed by atoms with E-state index in [0.717, 1.165) is 21.2 Å². The number of hydrogen-bond donors (Lipinski definition) is 1. The minimum Gasteiger partial charge on any atom is -0.508 e. The van der Waals surface area contributed by atoms with Gasteiger partial charge in [0.2, 0.25) is 11.7 Å². The molecule has 0 saturated carbocycles. The minimum absolute atomic E-state index is 0.0561. The third kappa shape index (κ3) is 4.08. The van der Waals surface area contributed by atoms with Gasteiger partial charge in [-0.05, 0) is 73.0 Å². The van der Waals surface area contributed by atoms with E-state index in [1.807, 2.05) is 12.1 Å². The van der Waals surface area contributed by atoms with Gasteiger partial charge in [0, 0.05) is 26.8 Å². The number of ketones is 1. The van der Waals surface area contributed by atoms with Gasteiger partial charge < -0.3 is 14.3 Å². The second-order valence-electron chi connectivity index (χ2n) is 8.01. The molecule has 0 fully saturated rings. The van der Waals surface area contributed by atoms with Gasteiger partial charge in [-0.1, -0.05) is 12.1 Å². The van der Waals surface area contributed by atoms with Crippen LogP contribution in [0.15, 0.2) is 65.3 Å². The Balaban J connectivity index is 1.64. The molecular formula is C27H18FNO5S. The van der Waals surface area contributed by atoms with Crippen LogP contribution < -0.4 is 4.74 Å². The molecule has 8 heteroatoms. The summed E-state index contributed by atoms with van der Waals surface area (Å²) in [6.07, 6.45) is 1.24. The van der Waals surface area contributed by atoms with Crippen LogP contribution in [0.3, 0.4) is 0 Å². The van der Waals surface area contributed by atoms with Crippen molar-refractivity contribution in [3.05, 3.63) is 88.2 Å². The smallest absolute Gasteiger partial charge is 0.299 e. The zero-order valence-electron chi connectivity index (χ0n) is 18.7. The molecule has 0 bridgehead atoms. The van der Waals surface area contributed by atoms with Gasteiger partial charge >= 0.3 is 0 Å². The second kappa shape index (κ2) is 8.81. The number of rotatable bonds is 6. The van der Waals surface area contributed by atoms with E-state index in [9.17, 15) is 19.1 Å². The highest BCUT2D eigenvalue weighted by atomic mass is 32.1. The van der Waals surface area contributed by atoms with Crippen molar-refractivity contribution in [1.82, 2.24) is 4.98 Å². The number of hydrogen-bond acceptors (Lipinski definition) is 7. The van der Waals surface area contributed by atoms with Crippen LogP contribution in [0.4, 0.5) is 4.39 Å². The highest BCUT2D eigenvalue weighted by Crippen LogP contribution is 2.42. The lowest BCUT2D eigenvalue weighted by molar-refractivity contribution is -0.120. The SMILES string of the molecule is Cc1cc(F)cc(C)c1C(=O)c1sc2cc(O)ccc2c1-c1ccc(-c2nc(OC=O)co2)cc1. The lowest BCUT2D eigenvalue weighted by atomic mass is 9.93. The number of halogens is 1. The molecule has 6 nitrogen and oxygen atoms in total. The number of aryl methyl sites for hydroxylation is 2. The molecule has 0 unspecified atom stereocenters. The average Bonchev–Trinajstić information content (AvgIpc) is 3.43. The molecule has 0 amide bonds. The van der Waals surface area contributed by atoms with Gasteiger partial charge in [-0.3, -0.25) is 9.59 Å². The molecule has 3 aromatic carbocycles. The topological polar surface area (TPSA) is 89.6 Å². The predicted octanol–water partition coefficient (Wildman–Crippen LogP) is 6.45. The van der Waals surface area contributed by atoms with E-state index >= 15 is 0 Å². The van der Waals surface area contributed by atoms with Crippen LogP contribution in [0.1, 0.15) is 26.4 Å². The summed E-state index contributed by atoms with van der Waals surface area (Å²) in [4.78, 5) is 28.9. The predicted molar refractivity (Wildman–Crippen MR) is 130 cm³/mol. The van der Waals surface area contributed by atoms with E-state index in [0.29, 0.717) is 27.1 Å². The molecular weight excluding hydrogens is 469 g/mol. The van der Waals surface area contributed by atoms with E-state index in [2.05, 4.69) is 4.98 Å². The number of benzene rings is 3. The number of ether oxygens (including phenoxy) is 1. The summed E-state index contributed by atoms with van der Waals surface area (Å²) in [7, 11) is 0. The molecule has 2 aromatic heterocycles. The Morgan fingerprint density at radius 3 is 2.43 bits per heavy atom. The Bertz CT molecular complexity index is 1580. The van der Waals surface area contributed by atoms with Gasteiger partial charge in [-0.25, -0.2) is 4.39 Å². The Labute approximate surface area is 203 Å². The van der Waals surface area contributed by atoms with Crippen LogP contribution in [-0.2, 0) is 4.79 Å². The molecule has 1 N–H and O–H groups in total. The summed E-state index contributed by atoms with van der Waals surface area (Å²) in [6, 6.07) is 15.0. The lowest BCUT2D eigenvalue weighted by Gasteiger charge is -2.10. The zero-order valence-corrected chi connectivity index (χ0v) is 19.5. The summed E-state index contributed by atoms with van der Waals surface area (Å²) in [6.45, 7) is 3.71. The van der Waals surface area contributed by atoms with E-state index in [1.54, 1.807) is 44.2 Å². The number of oxazole rings is 1. The summed E-state index contributed by atoms with van der Waals surface area (Å²) < 4.78 is 24.7. The van der Waals surface area contributed by atoms with E-state index < -0.39 is 0 Å². The van der Waals surface area contributed by atoms with E-state index in [1.165, 1.54) is 29.7 Å². The lowest BCUT2D eigenvalue weighted by Crippen LogP contribution is -2.06. The Hall–Kier alpha value is -4.30. The number of phenolic OH excluding ortho intramolecular Hbond substituents is 1. The maximum Gasteiger partial charge on any atom is 0.299 e. The van der Waals surface area contributed by atoms with Crippen molar-refractivity contribution in [2.24, 2.45) is 0 Å². The van der Waals surface area contributed by atoms with Crippen LogP contribution in [-0.4, -0.2) is 22.3 Å². The van der Waals surface area contributed by atoms with Crippen LogP contribution in [0, 0.1) is 19.7 Å². The van der Waals surface area contributed by atoms with E-state index in [4.69, 9.17) is 9.15 Å². The second-order valence-corrected chi connectivity index (χ2v) is 9.06. The summed E-state index contributed by atoms with van der Waals surface area (Å²) >= 11 is 1.28. The number of fused-ring (bicyclic) bond motifs is 1. The Morgan fingerprint density at radius 1 is 1.06 bits per heavy atom. The maximum atomic E-state index is 13.9. The molecule has 0 saturated heterocycles. The Morgan fingerprint density at radius 2 is 1.74 bits per heavy atom. The fourth-order valence-electron chi connectivity index (χ4n) is 4.19. The number of thiophene rings is 1. The van der Waals surface area contributed by atoms with Crippen molar-refractivity contribution in [2.75, 3.05) is 0 Å². The molecule has 35 heavy (non-hydrogen) atoms. The molecule has 2 heterocycles. The maximum absolute atomic E-state index is 13.9. The molecule has 0 radical (unpaired) electrons. The number of carbonyl (C=O) groups is 2. The van der Waals surface area contributed by atoms with Gasteiger partial charge in [0.15, 0.2) is 6.26 Å². The van der Waals surface area contributed by atoms with Crippen molar-refractivity contribution in [3.8, 4) is 34.2 Å². The first-order valence-corrected chi connectivity index (χ1v) is 11.4. The highest BCUT2D eigenvalue weighted by molar-refractivity contribution is 7.21. The van der Waals surface area contributed by atoms with Crippen LogP contribution >= 0.6 is 11.3 Å². The van der Waals surface area contributed by atoms with Crippen molar-refractivity contribution >= 4 is 33.7 Å². The molecule has 5 aromatic rings. The van der Waals surface area contributed by atoms with Crippen LogP contribution in [0.2, 0.25) is 0 Å². The molecule has 0 aliphatic carbocycles. The number of carbonyl (C=O) groups excluding carboxylic acids is 2. The molecule has 0 aliphatic heterocycles. The minimum atomic E-state index is -0.387. The molecule has 0 atom stereocenters. The summed E-state index contributed by atoms with van der Waals surface area (Å²) in [5.74, 6) is -0.154. The number of aromatic hydroxyl groups is 1. The van der Waals surface area contributed by atoms with Gasteiger partial charge in [0.25, 0.3) is 12.4 Å². The fraction of sp³-hybridized carbons (Fsp3) is 0.0741. The van der Waals surface area contributed by atoms with Gasteiger partial charge in [0.1, 0.15) is 11.6 Å². The molecule has 5 rings (SSSR count). The van der Waals surface area contributed by atoms with Crippen LogP contribution in [0.5, 0.6) is 11.6 Å². The monoisotopic (exact) mass is 487 g/mol. The standard InChI is InChI=1S/C27H18FNO5S/c1-14-9-18(28)10-15(2)23(14)25(32)26-24(20-8-7-19(31)11-21(20)35-26)16-3-5-17(6-4-16)27-29-22(12-33-27)34-13-30/h3-13,31H,1-2H3. The van der Waals surface area contributed by atoms with Crippen molar-refractivity contribution in [3.63, 3.8) is 0 Å². The average molecular weight is 488 g/mol. The first-order valence-electron chi connectivity index (χ1n) is 10.6. The number of aromatic nitrogens is 1. The first kappa shape index (κ1) is 22.5. The summed E-state index contributed by atoms with van der Waals surface area (Å²) in [5.41, 5.74) is 3.74. The van der Waals surface area contributed by atoms with Crippen LogP contribution in [0.25, 0.3) is 32.7 Å².